The van der Waals surface area contributed by atoms with Crippen molar-refractivity contribution in [1.82, 2.24) is 10.2 Å². The van der Waals surface area contributed by atoms with Crippen LogP contribution in [0.25, 0.3) is 0 Å². The number of hydrogen-bond donors (Lipinski definition) is 1. The van der Waals surface area contributed by atoms with Gasteiger partial charge in [0.1, 0.15) is 12.6 Å². The Kier molecular flexibility index (Phi) is 9.72. The summed E-state index contributed by atoms with van der Waals surface area (Å²) in [6.07, 6.45) is 0.752. The Morgan fingerprint density at radius 2 is 1.65 bits per heavy atom. The normalized spacial score (nSPS) is 12.0. The highest BCUT2D eigenvalue weighted by Crippen LogP contribution is 2.26. The van der Waals surface area contributed by atoms with Gasteiger partial charge < -0.3 is 10.2 Å². The maximum atomic E-state index is 13.8. The molecule has 0 heterocycles. The number of halogens is 1. The van der Waals surface area contributed by atoms with Crippen LogP contribution >= 0.6 is 11.6 Å². The first-order valence-electron chi connectivity index (χ1n) is 12.1. The lowest BCUT2D eigenvalue weighted by Gasteiger charge is -2.32. The molecule has 0 saturated carbocycles. The van der Waals surface area contributed by atoms with Gasteiger partial charge in [0.15, 0.2) is 0 Å². The summed E-state index contributed by atoms with van der Waals surface area (Å²) in [6, 6.07) is 21.1. The maximum absolute atomic E-state index is 13.8. The third-order valence-electron chi connectivity index (χ3n) is 5.90. The summed E-state index contributed by atoms with van der Waals surface area (Å²) in [7, 11) is -4.11. The van der Waals surface area contributed by atoms with Crippen LogP contribution in [0.15, 0.2) is 83.8 Å². The number of carbonyl (C=O) groups excluding carboxylic acids is 2. The van der Waals surface area contributed by atoms with Gasteiger partial charge in [-0.3, -0.25) is 13.9 Å². The van der Waals surface area contributed by atoms with E-state index in [1.165, 1.54) is 23.1 Å². The molecule has 0 aliphatic carbocycles. The lowest BCUT2D eigenvalue weighted by molar-refractivity contribution is -0.139. The molecule has 0 aliphatic heterocycles. The van der Waals surface area contributed by atoms with E-state index < -0.39 is 28.5 Å². The molecule has 9 heteroatoms. The lowest BCUT2D eigenvalue weighted by Crippen LogP contribution is -2.51. The van der Waals surface area contributed by atoms with Crippen LogP contribution < -0.4 is 9.62 Å². The number of nitrogens with one attached hydrogen (secondary N) is 1. The zero-order valence-corrected chi connectivity index (χ0v) is 22.8. The molecule has 0 bridgehead atoms. The molecule has 3 rings (SSSR count). The van der Waals surface area contributed by atoms with E-state index in [9.17, 15) is 18.0 Å². The molecule has 7 nitrogen and oxygen atoms in total. The first-order chi connectivity index (χ1) is 17.6. The molecule has 196 valence electrons. The number of nitrogens with zero attached hydrogens (tertiary/aromatic N) is 2. The van der Waals surface area contributed by atoms with E-state index in [4.69, 9.17) is 11.6 Å². The molecule has 0 spiro atoms. The van der Waals surface area contributed by atoms with Gasteiger partial charge in [0.2, 0.25) is 11.8 Å². The van der Waals surface area contributed by atoms with Crippen molar-refractivity contribution >= 4 is 39.1 Å². The monoisotopic (exact) mass is 541 g/mol. The molecule has 1 unspecified atom stereocenters. The van der Waals surface area contributed by atoms with Crippen LogP contribution in [0.4, 0.5) is 5.69 Å². The zero-order chi connectivity index (χ0) is 27.0. The quantitative estimate of drug-likeness (QED) is 0.378. The number of sulfonamides is 1. The van der Waals surface area contributed by atoms with E-state index in [0.717, 1.165) is 21.9 Å². The molecule has 0 fully saturated rings. The highest BCUT2D eigenvalue weighted by Gasteiger charge is 2.32. The molecule has 1 atom stereocenters. The van der Waals surface area contributed by atoms with Crippen molar-refractivity contribution < 1.29 is 18.0 Å². The van der Waals surface area contributed by atoms with Gasteiger partial charge in [0.05, 0.1) is 10.6 Å². The lowest BCUT2D eigenvalue weighted by atomic mass is 10.1. The van der Waals surface area contributed by atoms with Crippen molar-refractivity contribution in [3.05, 3.63) is 95.0 Å². The largest absolute Gasteiger partial charge is 0.354 e. The van der Waals surface area contributed by atoms with Crippen molar-refractivity contribution in [1.29, 1.82) is 0 Å². The van der Waals surface area contributed by atoms with Gasteiger partial charge in [-0.1, -0.05) is 72.6 Å². The number of hydrogen-bond acceptors (Lipinski definition) is 4. The van der Waals surface area contributed by atoms with Gasteiger partial charge in [-0.25, -0.2) is 8.42 Å². The summed E-state index contributed by atoms with van der Waals surface area (Å²) in [5.74, 6) is -0.818. The maximum Gasteiger partial charge on any atom is 0.264 e. The van der Waals surface area contributed by atoms with Crippen molar-refractivity contribution in [3.63, 3.8) is 0 Å². The Morgan fingerprint density at radius 1 is 0.973 bits per heavy atom. The fourth-order valence-corrected chi connectivity index (χ4v) is 5.36. The third-order valence-corrected chi connectivity index (χ3v) is 7.92. The molecule has 0 radical (unpaired) electrons. The van der Waals surface area contributed by atoms with E-state index in [2.05, 4.69) is 5.32 Å². The standard InChI is InChI=1S/C28H32ClN3O4S/c1-4-17-30-28(34)22(3)31(19-23-15-13-21(2)14-16-23)27(33)20-32(25-10-8-9-24(29)18-25)37(35,36)26-11-6-5-7-12-26/h5-16,18,22H,4,17,19-20H2,1-3H3,(H,30,34). The summed E-state index contributed by atoms with van der Waals surface area (Å²) >= 11 is 6.17. The number of aryl methyl sites for hydroxylation is 1. The van der Waals surface area contributed by atoms with Crippen LogP contribution in [0.1, 0.15) is 31.4 Å². The third kappa shape index (κ3) is 7.33. The second-order valence-electron chi connectivity index (χ2n) is 8.78. The first-order valence-corrected chi connectivity index (χ1v) is 13.9. The fraction of sp³-hybridized carbons (Fsp3) is 0.286. The molecule has 3 aromatic carbocycles. The molecular formula is C28H32ClN3O4S. The van der Waals surface area contributed by atoms with Gasteiger partial charge in [-0.15, -0.1) is 0 Å². The predicted molar refractivity (Wildman–Crippen MR) is 147 cm³/mol. The second kappa shape index (κ2) is 12.7. The first kappa shape index (κ1) is 28.2. The molecule has 3 aromatic rings. The predicted octanol–water partition coefficient (Wildman–Crippen LogP) is 4.79. The minimum atomic E-state index is -4.11. The highest BCUT2D eigenvalue weighted by atomic mass is 35.5. The van der Waals surface area contributed by atoms with Gasteiger partial charge in [0, 0.05) is 18.1 Å². The topological polar surface area (TPSA) is 86.8 Å². The van der Waals surface area contributed by atoms with Crippen molar-refractivity contribution in [2.75, 3.05) is 17.4 Å². The average Bonchev–Trinajstić information content (AvgIpc) is 2.89. The van der Waals surface area contributed by atoms with Crippen LogP contribution in [-0.2, 0) is 26.2 Å². The van der Waals surface area contributed by atoms with E-state index in [0.29, 0.717) is 11.6 Å². The Bertz CT molecular complexity index is 1310. The van der Waals surface area contributed by atoms with Crippen LogP contribution in [0.2, 0.25) is 5.02 Å². The fourth-order valence-electron chi connectivity index (χ4n) is 3.75. The van der Waals surface area contributed by atoms with Gasteiger partial charge in [-0.2, -0.15) is 0 Å². The molecule has 2 amide bonds. The number of carbonyl (C=O) groups is 2. The average molecular weight is 542 g/mol. The summed E-state index contributed by atoms with van der Waals surface area (Å²) in [6.45, 7) is 5.67. The Balaban J connectivity index is 2.00. The van der Waals surface area contributed by atoms with Gasteiger partial charge in [-0.05, 0) is 56.2 Å². The number of rotatable bonds is 11. The summed E-state index contributed by atoms with van der Waals surface area (Å²) < 4.78 is 28.4. The molecule has 0 aliphatic rings. The van der Waals surface area contributed by atoms with E-state index in [-0.39, 0.29) is 23.0 Å². The Hall–Kier alpha value is -3.36. The number of benzene rings is 3. The minimum absolute atomic E-state index is 0.0431. The minimum Gasteiger partial charge on any atom is -0.354 e. The SMILES string of the molecule is CCCNC(=O)C(C)N(Cc1ccc(C)cc1)C(=O)CN(c1cccc(Cl)c1)S(=O)(=O)c1ccccc1. The van der Waals surface area contributed by atoms with E-state index in [1.54, 1.807) is 43.3 Å². The second-order valence-corrected chi connectivity index (χ2v) is 11.1. The van der Waals surface area contributed by atoms with Crippen LogP contribution in [-0.4, -0.2) is 44.3 Å². The number of amides is 2. The van der Waals surface area contributed by atoms with Gasteiger partial charge >= 0.3 is 0 Å². The van der Waals surface area contributed by atoms with Crippen molar-refractivity contribution in [2.24, 2.45) is 0 Å². The molecule has 37 heavy (non-hydrogen) atoms. The Labute approximate surface area is 224 Å². The highest BCUT2D eigenvalue weighted by molar-refractivity contribution is 7.92. The van der Waals surface area contributed by atoms with Crippen LogP contribution in [0.5, 0.6) is 0 Å². The molecular weight excluding hydrogens is 510 g/mol. The molecule has 1 N–H and O–H groups in total. The van der Waals surface area contributed by atoms with Gasteiger partial charge in [0.25, 0.3) is 10.0 Å². The molecule has 0 saturated heterocycles. The van der Waals surface area contributed by atoms with Crippen LogP contribution in [0, 0.1) is 6.92 Å². The summed E-state index contributed by atoms with van der Waals surface area (Å²) in [5, 5.41) is 3.16. The van der Waals surface area contributed by atoms with Crippen LogP contribution in [0.3, 0.4) is 0 Å². The Morgan fingerprint density at radius 3 is 2.27 bits per heavy atom. The number of anilines is 1. The van der Waals surface area contributed by atoms with E-state index in [1.807, 2.05) is 38.1 Å². The van der Waals surface area contributed by atoms with Crippen molar-refractivity contribution in [3.8, 4) is 0 Å². The zero-order valence-electron chi connectivity index (χ0n) is 21.2. The summed E-state index contributed by atoms with van der Waals surface area (Å²) in [4.78, 5) is 28.1. The summed E-state index contributed by atoms with van der Waals surface area (Å²) in [5.41, 5.74) is 2.15. The smallest absolute Gasteiger partial charge is 0.264 e. The molecule has 0 aromatic heterocycles. The van der Waals surface area contributed by atoms with E-state index >= 15 is 0 Å². The van der Waals surface area contributed by atoms with Crippen molar-refractivity contribution in [2.45, 2.75) is 44.7 Å².